The van der Waals surface area contributed by atoms with Gasteiger partial charge in [0.05, 0.1) is 12.7 Å². The Bertz CT molecular complexity index is 829. The highest BCUT2D eigenvalue weighted by molar-refractivity contribution is 5.60. The van der Waals surface area contributed by atoms with E-state index < -0.39 is 11.7 Å². The van der Waals surface area contributed by atoms with Crippen LogP contribution >= 0.6 is 0 Å². The molecular weight excluding hydrogens is 345 g/mol. The van der Waals surface area contributed by atoms with Gasteiger partial charge in [-0.3, -0.25) is 5.10 Å². The Labute approximate surface area is 149 Å². The zero-order chi connectivity index (χ0) is 19.2. The Morgan fingerprint density at radius 2 is 1.73 bits per heavy atom. The number of hydrogen-bond donors (Lipinski definition) is 2. The second-order valence-corrected chi connectivity index (χ2v) is 4.94. The van der Waals surface area contributed by atoms with Crippen LogP contribution in [0, 0.1) is 0 Å². The van der Waals surface area contributed by atoms with Crippen molar-refractivity contribution in [1.29, 1.82) is 0 Å². The minimum absolute atomic E-state index is 0.247. The van der Waals surface area contributed by atoms with Crippen LogP contribution in [0.5, 0.6) is 5.75 Å². The first kappa shape index (κ1) is 19.3. The van der Waals surface area contributed by atoms with Crippen LogP contribution in [0.15, 0.2) is 48.5 Å². The molecule has 8 heteroatoms. The molecule has 0 aliphatic rings. The van der Waals surface area contributed by atoms with E-state index in [4.69, 9.17) is 4.74 Å². The van der Waals surface area contributed by atoms with Crippen molar-refractivity contribution in [1.82, 2.24) is 15.2 Å². The maximum Gasteiger partial charge on any atom is 0.416 e. The lowest BCUT2D eigenvalue weighted by atomic mass is 10.1. The van der Waals surface area contributed by atoms with Crippen molar-refractivity contribution in [3.05, 3.63) is 54.1 Å². The Morgan fingerprint density at radius 1 is 1.04 bits per heavy atom. The molecule has 3 rings (SSSR count). The van der Waals surface area contributed by atoms with Crippen LogP contribution in [0.2, 0.25) is 0 Å². The molecule has 0 aliphatic heterocycles. The van der Waals surface area contributed by atoms with E-state index >= 15 is 0 Å². The number of hydrogen-bond acceptors (Lipinski definition) is 4. The second-order valence-electron chi connectivity index (χ2n) is 4.94. The molecule has 1 heterocycles. The summed E-state index contributed by atoms with van der Waals surface area (Å²) in [5, 5.41) is 9.55. The summed E-state index contributed by atoms with van der Waals surface area (Å²) in [7, 11) is 1.57. The van der Waals surface area contributed by atoms with Crippen molar-refractivity contribution in [3.63, 3.8) is 0 Å². The van der Waals surface area contributed by atoms with E-state index in [-0.39, 0.29) is 11.8 Å². The summed E-state index contributed by atoms with van der Waals surface area (Å²) >= 11 is 0. The summed E-state index contributed by atoms with van der Waals surface area (Å²) < 4.78 is 43.4. The standard InChI is InChI=1S/C16H13F3N4O.C2H6/c1-24-13-7-5-12(6-8-13)20-15-21-14(22-23-15)10-3-2-4-11(9-10)16(17,18)19;1-2/h2-9H,1H3,(H2,20,21,22,23);1-2H3. The number of nitrogens with one attached hydrogen (secondary N) is 2. The molecule has 3 aromatic rings. The van der Waals surface area contributed by atoms with Gasteiger partial charge in [0.1, 0.15) is 5.75 Å². The van der Waals surface area contributed by atoms with Gasteiger partial charge >= 0.3 is 6.18 Å². The second kappa shape index (κ2) is 8.37. The SMILES string of the molecule is CC.COc1ccc(Nc2n[nH]c(-c3cccc(C(F)(F)F)c3)n2)cc1. The average Bonchev–Trinajstić information content (AvgIpc) is 3.12. The third kappa shape index (κ3) is 4.75. The van der Waals surface area contributed by atoms with E-state index in [0.29, 0.717) is 11.3 Å². The molecule has 0 aliphatic carbocycles. The summed E-state index contributed by atoms with van der Waals surface area (Å²) in [6, 6.07) is 12.0. The third-order valence-corrected chi connectivity index (χ3v) is 3.29. The average molecular weight is 364 g/mol. The van der Waals surface area contributed by atoms with Gasteiger partial charge in [0.15, 0.2) is 5.82 Å². The Hall–Kier alpha value is -3.03. The van der Waals surface area contributed by atoms with Gasteiger partial charge in [-0.05, 0) is 36.4 Å². The molecule has 0 atom stereocenters. The largest absolute Gasteiger partial charge is 0.497 e. The summed E-state index contributed by atoms with van der Waals surface area (Å²) in [4.78, 5) is 4.17. The molecule has 0 fully saturated rings. The molecule has 0 saturated heterocycles. The van der Waals surface area contributed by atoms with E-state index in [1.54, 1.807) is 31.4 Å². The van der Waals surface area contributed by atoms with Crippen molar-refractivity contribution >= 4 is 11.6 Å². The van der Waals surface area contributed by atoms with Gasteiger partial charge in [0.25, 0.3) is 0 Å². The van der Waals surface area contributed by atoms with Gasteiger partial charge in [-0.15, -0.1) is 5.10 Å². The number of nitrogens with zero attached hydrogens (tertiary/aromatic N) is 2. The van der Waals surface area contributed by atoms with Crippen molar-refractivity contribution in [2.24, 2.45) is 0 Å². The molecule has 26 heavy (non-hydrogen) atoms. The number of ether oxygens (including phenoxy) is 1. The summed E-state index contributed by atoms with van der Waals surface area (Å²) in [5.41, 5.74) is 0.298. The maximum absolute atomic E-state index is 12.8. The number of benzene rings is 2. The van der Waals surface area contributed by atoms with Crippen LogP contribution in [0.4, 0.5) is 24.8 Å². The van der Waals surface area contributed by atoms with E-state index in [0.717, 1.165) is 17.8 Å². The molecule has 0 unspecified atom stereocenters. The van der Waals surface area contributed by atoms with Crippen LogP contribution in [0.3, 0.4) is 0 Å². The monoisotopic (exact) mass is 364 g/mol. The molecule has 5 nitrogen and oxygen atoms in total. The molecule has 0 bridgehead atoms. The fourth-order valence-electron chi connectivity index (χ4n) is 2.09. The third-order valence-electron chi connectivity index (χ3n) is 3.29. The number of halogens is 3. The number of H-pyrrole nitrogens is 1. The zero-order valence-corrected chi connectivity index (χ0v) is 14.6. The number of aromatic nitrogens is 3. The Balaban J connectivity index is 0.00000117. The van der Waals surface area contributed by atoms with E-state index in [2.05, 4.69) is 20.5 Å². The highest BCUT2D eigenvalue weighted by Gasteiger charge is 2.30. The van der Waals surface area contributed by atoms with Crippen LogP contribution < -0.4 is 10.1 Å². The number of rotatable bonds is 4. The summed E-state index contributed by atoms with van der Waals surface area (Å²) in [6.07, 6.45) is -4.40. The lowest BCUT2D eigenvalue weighted by molar-refractivity contribution is -0.137. The molecule has 0 spiro atoms. The summed E-state index contributed by atoms with van der Waals surface area (Å²) in [5.74, 6) is 1.21. The maximum atomic E-state index is 12.8. The van der Waals surface area contributed by atoms with E-state index in [1.807, 2.05) is 13.8 Å². The normalized spacial score (nSPS) is 10.7. The first-order valence-corrected chi connectivity index (χ1v) is 7.97. The predicted octanol–water partition coefficient (Wildman–Crippen LogP) is 5.27. The number of aromatic amines is 1. The van der Waals surface area contributed by atoms with Crippen LogP contribution in [0.1, 0.15) is 19.4 Å². The van der Waals surface area contributed by atoms with Crippen LogP contribution in [-0.2, 0) is 6.18 Å². The quantitative estimate of drug-likeness (QED) is 0.662. The van der Waals surface area contributed by atoms with Crippen molar-refractivity contribution in [2.75, 3.05) is 12.4 Å². The van der Waals surface area contributed by atoms with Crippen LogP contribution in [0.25, 0.3) is 11.4 Å². The molecule has 0 radical (unpaired) electrons. The summed E-state index contributed by atoms with van der Waals surface area (Å²) in [6.45, 7) is 4.00. The predicted molar refractivity (Wildman–Crippen MR) is 94.4 cm³/mol. The zero-order valence-electron chi connectivity index (χ0n) is 14.6. The fraction of sp³-hybridized carbons (Fsp3) is 0.222. The van der Waals surface area contributed by atoms with Gasteiger partial charge in [-0.25, -0.2) is 0 Å². The van der Waals surface area contributed by atoms with E-state index in [1.165, 1.54) is 12.1 Å². The topological polar surface area (TPSA) is 62.8 Å². The van der Waals surface area contributed by atoms with Crippen molar-refractivity contribution < 1.29 is 17.9 Å². The number of alkyl halides is 3. The highest BCUT2D eigenvalue weighted by atomic mass is 19.4. The Kier molecular flexibility index (Phi) is 6.21. The number of methoxy groups -OCH3 is 1. The van der Waals surface area contributed by atoms with Gasteiger partial charge in [0, 0.05) is 11.3 Å². The smallest absolute Gasteiger partial charge is 0.416 e. The number of anilines is 2. The Morgan fingerprint density at radius 3 is 2.35 bits per heavy atom. The van der Waals surface area contributed by atoms with E-state index in [9.17, 15) is 13.2 Å². The molecule has 0 saturated carbocycles. The first-order chi connectivity index (χ1) is 12.5. The van der Waals surface area contributed by atoms with Gasteiger partial charge in [0.2, 0.25) is 5.95 Å². The van der Waals surface area contributed by atoms with Gasteiger partial charge < -0.3 is 10.1 Å². The van der Waals surface area contributed by atoms with Gasteiger partial charge in [-0.2, -0.15) is 18.2 Å². The van der Waals surface area contributed by atoms with Crippen molar-refractivity contribution in [3.8, 4) is 17.1 Å². The lowest BCUT2D eigenvalue weighted by Crippen LogP contribution is -2.04. The molecular formula is C18H19F3N4O. The molecule has 138 valence electrons. The molecule has 1 aromatic heterocycles. The minimum Gasteiger partial charge on any atom is -0.497 e. The molecule has 0 amide bonds. The highest BCUT2D eigenvalue weighted by Crippen LogP contribution is 2.31. The lowest BCUT2D eigenvalue weighted by Gasteiger charge is -2.07. The molecule has 2 aromatic carbocycles. The fourth-order valence-corrected chi connectivity index (χ4v) is 2.09. The minimum atomic E-state index is -4.40. The van der Waals surface area contributed by atoms with Crippen molar-refractivity contribution in [2.45, 2.75) is 20.0 Å². The van der Waals surface area contributed by atoms with Gasteiger partial charge in [-0.1, -0.05) is 26.0 Å². The van der Waals surface area contributed by atoms with Crippen LogP contribution in [-0.4, -0.2) is 22.3 Å². The first-order valence-electron chi connectivity index (χ1n) is 7.97. The molecule has 2 N–H and O–H groups in total.